The molecule has 0 radical (unpaired) electrons. The van der Waals surface area contributed by atoms with Gasteiger partial charge in [0.25, 0.3) is 0 Å². The molecule has 0 fully saturated rings. The van der Waals surface area contributed by atoms with Crippen molar-refractivity contribution in [3.8, 4) is 0 Å². The van der Waals surface area contributed by atoms with E-state index in [1.807, 2.05) is 32.2 Å². The molecule has 0 heterocycles. The summed E-state index contributed by atoms with van der Waals surface area (Å²) in [6, 6.07) is 10.4. The first-order valence-electron chi connectivity index (χ1n) is 5.23. The molecule has 4 heteroatoms. The van der Waals surface area contributed by atoms with Crippen molar-refractivity contribution in [2.24, 2.45) is 5.10 Å². The molecule has 86 valence electrons. The molecule has 1 unspecified atom stereocenters. The zero-order chi connectivity index (χ0) is 12.0. The number of hydrogen-bond donors (Lipinski definition) is 1. The Kier molecular flexibility index (Phi) is 4.92. The molecule has 3 nitrogen and oxygen atoms in total. The van der Waals surface area contributed by atoms with Crippen LogP contribution in [0.1, 0.15) is 25.5 Å². The van der Waals surface area contributed by atoms with E-state index in [2.05, 4.69) is 29.5 Å². The fraction of sp³-hybridized carbons (Fsp3) is 0.333. The van der Waals surface area contributed by atoms with Crippen molar-refractivity contribution < 1.29 is 0 Å². The van der Waals surface area contributed by atoms with Gasteiger partial charge in [0.1, 0.15) is 0 Å². The van der Waals surface area contributed by atoms with Crippen LogP contribution in [-0.2, 0) is 0 Å². The van der Waals surface area contributed by atoms with Crippen LogP contribution in [0.2, 0.25) is 0 Å². The number of rotatable bonds is 3. The standard InChI is InChI=1S/C12H17N3S/c1-4-13-15(3)12(16)14-10(2)11-8-6-5-7-9-11/h4-10H,1-3H3,(H,14,16)/b13-4-. The Bertz CT molecular complexity index is 362. The molecular formula is C12H17N3S. The summed E-state index contributed by atoms with van der Waals surface area (Å²) < 4.78 is 0. The van der Waals surface area contributed by atoms with Crippen LogP contribution < -0.4 is 5.32 Å². The maximum Gasteiger partial charge on any atom is 0.189 e. The summed E-state index contributed by atoms with van der Waals surface area (Å²) in [4.78, 5) is 0. The third-order valence-electron chi connectivity index (χ3n) is 2.22. The monoisotopic (exact) mass is 235 g/mol. The summed E-state index contributed by atoms with van der Waals surface area (Å²) in [5, 5.41) is 9.57. The van der Waals surface area contributed by atoms with Gasteiger partial charge in [0, 0.05) is 13.3 Å². The van der Waals surface area contributed by atoms with Crippen LogP contribution in [-0.4, -0.2) is 23.4 Å². The second-order valence-corrected chi connectivity index (χ2v) is 3.87. The Balaban J connectivity index is 2.58. The van der Waals surface area contributed by atoms with Gasteiger partial charge in [-0.3, -0.25) is 0 Å². The highest BCUT2D eigenvalue weighted by atomic mass is 32.1. The minimum atomic E-state index is 0.184. The predicted molar refractivity (Wildman–Crippen MR) is 72.5 cm³/mol. The van der Waals surface area contributed by atoms with Gasteiger partial charge in [0.05, 0.1) is 6.04 Å². The van der Waals surface area contributed by atoms with Crippen molar-refractivity contribution in [1.82, 2.24) is 10.3 Å². The summed E-state index contributed by atoms with van der Waals surface area (Å²) in [5.74, 6) is 0. The summed E-state index contributed by atoms with van der Waals surface area (Å²) in [7, 11) is 1.83. The molecule has 1 rings (SSSR count). The average molecular weight is 235 g/mol. The lowest BCUT2D eigenvalue weighted by molar-refractivity contribution is 0.517. The first kappa shape index (κ1) is 12.6. The smallest absolute Gasteiger partial charge is 0.189 e. The largest absolute Gasteiger partial charge is 0.355 e. The highest BCUT2D eigenvalue weighted by molar-refractivity contribution is 7.80. The molecule has 0 aliphatic heterocycles. The molecule has 0 aromatic heterocycles. The number of benzene rings is 1. The van der Waals surface area contributed by atoms with Crippen LogP contribution in [0, 0.1) is 0 Å². The van der Waals surface area contributed by atoms with E-state index < -0.39 is 0 Å². The number of thiocarbonyl (C=S) groups is 1. The summed E-state index contributed by atoms with van der Waals surface area (Å²) in [5.41, 5.74) is 1.21. The SMILES string of the molecule is C/C=N\N(C)C(=S)NC(C)c1ccccc1. The van der Waals surface area contributed by atoms with Gasteiger partial charge in [0.2, 0.25) is 0 Å². The van der Waals surface area contributed by atoms with Crippen LogP contribution >= 0.6 is 12.2 Å². The van der Waals surface area contributed by atoms with Gasteiger partial charge in [-0.25, -0.2) is 5.01 Å². The van der Waals surface area contributed by atoms with Crippen molar-refractivity contribution in [3.05, 3.63) is 35.9 Å². The van der Waals surface area contributed by atoms with Crippen LogP contribution in [0.4, 0.5) is 0 Å². The number of hydrazone groups is 1. The maximum atomic E-state index is 5.22. The Morgan fingerprint density at radius 3 is 2.62 bits per heavy atom. The van der Waals surface area contributed by atoms with E-state index in [0.717, 1.165) is 0 Å². The van der Waals surface area contributed by atoms with Gasteiger partial charge in [-0.1, -0.05) is 30.3 Å². The maximum absolute atomic E-state index is 5.22. The van der Waals surface area contributed by atoms with Crippen molar-refractivity contribution in [3.63, 3.8) is 0 Å². The molecule has 0 saturated heterocycles. The molecule has 16 heavy (non-hydrogen) atoms. The minimum Gasteiger partial charge on any atom is -0.355 e. The minimum absolute atomic E-state index is 0.184. The quantitative estimate of drug-likeness (QED) is 0.496. The summed E-state index contributed by atoms with van der Waals surface area (Å²) in [6.45, 7) is 3.94. The van der Waals surface area contributed by atoms with Gasteiger partial charge in [-0.05, 0) is 31.6 Å². The normalized spacial score (nSPS) is 12.4. The molecule has 1 N–H and O–H groups in total. The average Bonchev–Trinajstić information content (AvgIpc) is 2.30. The van der Waals surface area contributed by atoms with Gasteiger partial charge in [-0.2, -0.15) is 5.10 Å². The number of nitrogens with one attached hydrogen (secondary N) is 1. The Morgan fingerprint density at radius 2 is 2.06 bits per heavy atom. The van der Waals surface area contributed by atoms with E-state index in [1.54, 1.807) is 11.2 Å². The highest BCUT2D eigenvalue weighted by Crippen LogP contribution is 2.11. The molecular weight excluding hydrogens is 218 g/mol. The van der Waals surface area contributed by atoms with Crippen LogP contribution in [0.15, 0.2) is 35.4 Å². The molecule has 0 bridgehead atoms. The zero-order valence-corrected chi connectivity index (χ0v) is 10.7. The topological polar surface area (TPSA) is 27.6 Å². The molecule has 0 saturated carbocycles. The molecule has 0 aliphatic rings. The second-order valence-electron chi connectivity index (χ2n) is 3.48. The molecule has 0 spiro atoms. The highest BCUT2D eigenvalue weighted by Gasteiger charge is 2.08. The van der Waals surface area contributed by atoms with Gasteiger partial charge in [0.15, 0.2) is 5.11 Å². The lowest BCUT2D eigenvalue weighted by Crippen LogP contribution is -2.35. The number of nitrogens with zero attached hydrogens (tertiary/aromatic N) is 2. The van der Waals surface area contributed by atoms with Crippen molar-refractivity contribution in [2.45, 2.75) is 19.9 Å². The first-order chi connectivity index (χ1) is 7.65. The van der Waals surface area contributed by atoms with Crippen LogP contribution in [0.25, 0.3) is 0 Å². The van der Waals surface area contributed by atoms with Crippen LogP contribution in [0.3, 0.4) is 0 Å². The van der Waals surface area contributed by atoms with E-state index in [0.29, 0.717) is 5.11 Å². The van der Waals surface area contributed by atoms with E-state index in [-0.39, 0.29) is 6.04 Å². The predicted octanol–water partition coefficient (Wildman–Crippen LogP) is 2.56. The third kappa shape index (κ3) is 3.62. The van der Waals surface area contributed by atoms with Gasteiger partial charge < -0.3 is 5.32 Å². The van der Waals surface area contributed by atoms with Crippen molar-refractivity contribution in [2.75, 3.05) is 7.05 Å². The second kappa shape index (κ2) is 6.23. The van der Waals surface area contributed by atoms with Crippen molar-refractivity contribution >= 4 is 23.5 Å². The summed E-state index contributed by atoms with van der Waals surface area (Å²) >= 11 is 5.22. The Morgan fingerprint density at radius 1 is 1.44 bits per heavy atom. The molecule has 1 aromatic carbocycles. The number of hydrogen-bond acceptors (Lipinski definition) is 2. The summed E-state index contributed by atoms with van der Waals surface area (Å²) in [6.07, 6.45) is 1.71. The lowest BCUT2D eigenvalue weighted by Gasteiger charge is -2.20. The Hall–Kier alpha value is -1.42. The van der Waals surface area contributed by atoms with Crippen molar-refractivity contribution in [1.29, 1.82) is 0 Å². The Labute approximate surface area is 102 Å². The lowest BCUT2D eigenvalue weighted by atomic mass is 10.1. The van der Waals surface area contributed by atoms with E-state index >= 15 is 0 Å². The first-order valence-corrected chi connectivity index (χ1v) is 5.63. The van der Waals surface area contributed by atoms with E-state index in [4.69, 9.17) is 12.2 Å². The molecule has 1 atom stereocenters. The van der Waals surface area contributed by atoms with E-state index in [9.17, 15) is 0 Å². The fourth-order valence-electron chi connectivity index (χ4n) is 1.33. The third-order valence-corrected chi connectivity index (χ3v) is 2.60. The molecule has 0 amide bonds. The van der Waals surface area contributed by atoms with Gasteiger partial charge in [-0.15, -0.1) is 0 Å². The molecule has 0 aliphatic carbocycles. The van der Waals surface area contributed by atoms with Crippen LogP contribution in [0.5, 0.6) is 0 Å². The fourth-order valence-corrected chi connectivity index (χ4v) is 1.55. The molecule has 1 aromatic rings. The zero-order valence-electron chi connectivity index (χ0n) is 9.84. The van der Waals surface area contributed by atoms with Gasteiger partial charge >= 0.3 is 0 Å². The van der Waals surface area contributed by atoms with E-state index in [1.165, 1.54) is 5.56 Å².